The molecule has 0 unspecified atom stereocenters. The molecule has 0 radical (unpaired) electrons. The van der Waals surface area contributed by atoms with Crippen LogP contribution in [0.15, 0.2) is 24.3 Å². The van der Waals surface area contributed by atoms with Crippen molar-refractivity contribution in [3.63, 3.8) is 0 Å². The second-order valence-electron chi connectivity index (χ2n) is 5.07. The van der Waals surface area contributed by atoms with E-state index in [1.807, 2.05) is 12.1 Å². The quantitative estimate of drug-likeness (QED) is 0.817. The maximum atomic E-state index is 5.17. The third-order valence-corrected chi connectivity index (χ3v) is 3.68. The van der Waals surface area contributed by atoms with E-state index in [1.165, 1.54) is 31.4 Å². The van der Waals surface area contributed by atoms with Gasteiger partial charge in [-0.3, -0.25) is 0 Å². The Morgan fingerprint density at radius 3 is 2.06 bits per heavy atom. The van der Waals surface area contributed by atoms with Crippen LogP contribution in [0.5, 0.6) is 5.75 Å². The van der Waals surface area contributed by atoms with Crippen LogP contribution >= 0.6 is 0 Å². The van der Waals surface area contributed by atoms with Gasteiger partial charge in [-0.25, -0.2) is 0 Å². The highest BCUT2D eigenvalue weighted by Crippen LogP contribution is 2.45. The summed E-state index contributed by atoms with van der Waals surface area (Å²) in [4.78, 5) is 0. The van der Waals surface area contributed by atoms with Gasteiger partial charge in [0.25, 0.3) is 0 Å². The van der Waals surface area contributed by atoms with Gasteiger partial charge in [0.05, 0.1) is 7.11 Å². The lowest BCUT2D eigenvalue weighted by molar-refractivity contribution is 0.415. The minimum Gasteiger partial charge on any atom is -0.497 e. The zero-order chi connectivity index (χ0) is 11.0. The van der Waals surface area contributed by atoms with Gasteiger partial charge in [0.1, 0.15) is 5.75 Å². The number of hydrogen-bond donors (Lipinski definition) is 1. The zero-order valence-corrected chi connectivity index (χ0v) is 9.78. The van der Waals surface area contributed by atoms with Crippen molar-refractivity contribution in [1.82, 2.24) is 0 Å². The molecule has 0 heterocycles. The number of hydrogen-bond acceptors (Lipinski definition) is 2. The Balaban J connectivity index is 1.66. The maximum absolute atomic E-state index is 5.17. The molecule has 2 aliphatic rings. The van der Waals surface area contributed by atoms with E-state index in [9.17, 15) is 0 Å². The normalized spacial score (nSPS) is 19.9. The standard InChI is InChI=1S/C14H19NO/c1-16-13-8-6-12(7-9-13)15-14(10-2-3-10)11-4-5-11/h6-11,14-15H,2-5H2,1H3. The average molecular weight is 217 g/mol. The van der Waals surface area contributed by atoms with Crippen LogP contribution in [0.3, 0.4) is 0 Å². The van der Waals surface area contributed by atoms with Crippen LogP contribution in [-0.4, -0.2) is 13.2 Å². The number of ether oxygens (including phenoxy) is 1. The Bertz CT molecular complexity index is 340. The summed E-state index contributed by atoms with van der Waals surface area (Å²) in [6.45, 7) is 0. The molecule has 1 N–H and O–H groups in total. The molecule has 0 aliphatic heterocycles. The molecule has 3 rings (SSSR count). The Morgan fingerprint density at radius 2 is 1.62 bits per heavy atom. The minimum absolute atomic E-state index is 0.730. The summed E-state index contributed by atoms with van der Waals surface area (Å²) in [6, 6.07) is 9.03. The van der Waals surface area contributed by atoms with E-state index in [2.05, 4.69) is 17.4 Å². The molecule has 2 saturated carbocycles. The maximum Gasteiger partial charge on any atom is 0.119 e. The fraction of sp³-hybridized carbons (Fsp3) is 0.571. The summed E-state index contributed by atoms with van der Waals surface area (Å²) in [6.07, 6.45) is 5.68. The monoisotopic (exact) mass is 217 g/mol. The van der Waals surface area contributed by atoms with Crippen LogP contribution in [0.4, 0.5) is 5.69 Å². The Kier molecular flexibility index (Phi) is 2.50. The lowest BCUT2D eigenvalue weighted by Crippen LogP contribution is -2.24. The fourth-order valence-electron chi connectivity index (χ4n) is 2.41. The first-order valence-corrected chi connectivity index (χ1v) is 6.27. The molecule has 0 saturated heterocycles. The molecule has 1 aromatic carbocycles. The third kappa shape index (κ3) is 2.16. The molecule has 16 heavy (non-hydrogen) atoms. The molecule has 1 aromatic rings. The van der Waals surface area contributed by atoms with Crippen LogP contribution in [0.2, 0.25) is 0 Å². The van der Waals surface area contributed by atoms with E-state index < -0.39 is 0 Å². The second-order valence-corrected chi connectivity index (χ2v) is 5.07. The molecule has 2 fully saturated rings. The molecule has 2 nitrogen and oxygen atoms in total. The van der Waals surface area contributed by atoms with Gasteiger partial charge in [-0.2, -0.15) is 0 Å². The van der Waals surface area contributed by atoms with Gasteiger partial charge in [0.15, 0.2) is 0 Å². The van der Waals surface area contributed by atoms with Crippen molar-refractivity contribution in [3.05, 3.63) is 24.3 Å². The lowest BCUT2D eigenvalue weighted by atomic mass is 10.1. The van der Waals surface area contributed by atoms with Gasteiger partial charge in [0, 0.05) is 11.7 Å². The van der Waals surface area contributed by atoms with E-state index in [0.29, 0.717) is 0 Å². The van der Waals surface area contributed by atoms with Crippen molar-refractivity contribution in [3.8, 4) is 5.75 Å². The highest BCUT2D eigenvalue weighted by Gasteiger charge is 2.41. The van der Waals surface area contributed by atoms with Gasteiger partial charge in [-0.15, -0.1) is 0 Å². The molecule has 0 aromatic heterocycles. The first-order valence-electron chi connectivity index (χ1n) is 6.27. The SMILES string of the molecule is COc1ccc(NC(C2CC2)C2CC2)cc1. The number of anilines is 1. The van der Waals surface area contributed by atoms with Gasteiger partial charge in [-0.05, 0) is 61.8 Å². The molecule has 0 atom stereocenters. The third-order valence-electron chi connectivity index (χ3n) is 3.68. The number of rotatable bonds is 5. The predicted molar refractivity (Wildman–Crippen MR) is 65.9 cm³/mol. The topological polar surface area (TPSA) is 21.3 Å². The van der Waals surface area contributed by atoms with Crippen LogP contribution in [0.1, 0.15) is 25.7 Å². The number of benzene rings is 1. The molecule has 0 bridgehead atoms. The highest BCUT2D eigenvalue weighted by molar-refractivity contribution is 5.47. The van der Waals surface area contributed by atoms with Crippen molar-refractivity contribution < 1.29 is 4.74 Å². The van der Waals surface area contributed by atoms with Crippen LogP contribution < -0.4 is 10.1 Å². The van der Waals surface area contributed by atoms with E-state index in [-0.39, 0.29) is 0 Å². The van der Waals surface area contributed by atoms with Gasteiger partial charge in [0.2, 0.25) is 0 Å². The van der Waals surface area contributed by atoms with Crippen molar-refractivity contribution >= 4 is 5.69 Å². The highest BCUT2D eigenvalue weighted by atomic mass is 16.5. The Hall–Kier alpha value is -1.18. The fourth-order valence-corrected chi connectivity index (χ4v) is 2.41. The largest absolute Gasteiger partial charge is 0.497 e. The molecular weight excluding hydrogens is 198 g/mol. The van der Waals surface area contributed by atoms with Crippen LogP contribution in [-0.2, 0) is 0 Å². The predicted octanol–water partition coefficient (Wildman–Crippen LogP) is 3.30. The number of methoxy groups -OCH3 is 1. The molecule has 2 heteroatoms. The van der Waals surface area contributed by atoms with E-state index in [4.69, 9.17) is 4.74 Å². The average Bonchev–Trinajstić information content (AvgIpc) is 3.19. The first kappa shape index (κ1) is 10.0. The van der Waals surface area contributed by atoms with Crippen LogP contribution in [0, 0.1) is 11.8 Å². The Labute approximate surface area is 97.0 Å². The molecular formula is C14H19NO. The summed E-state index contributed by atoms with van der Waals surface area (Å²) >= 11 is 0. The van der Waals surface area contributed by atoms with E-state index >= 15 is 0 Å². The van der Waals surface area contributed by atoms with Crippen LogP contribution in [0.25, 0.3) is 0 Å². The van der Waals surface area contributed by atoms with Gasteiger partial charge in [-0.1, -0.05) is 0 Å². The Morgan fingerprint density at radius 1 is 1.06 bits per heavy atom. The number of nitrogens with one attached hydrogen (secondary N) is 1. The van der Waals surface area contributed by atoms with Gasteiger partial charge < -0.3 is 10.1 Å². The molecule has 86 valence electrons. The summed E-state index contributed by atoms with van der Waals surface area (Å²) in [5.74, 6) is 2.81. The first-order chi connectivity index (χ1) is 7.86. The lowest BCUT2D eigenvalue weighted by Gasteiger charge is -2.19. The minimum atomic E-state index is 0.730. The van der Waals surface area contributed by atoms with Crippen molar-refractivity contribution in [2.45, 2.75) is 31.7 Å². The smallest absolute Gasteiger partial charge is 0.119 e. The van der Waals surface area contributed by atoms with E-state index in [0.717, 1.165) is 23.6 Å². The summed E-state index contributed by atoms with van der Waals surface area (Å²) in [5.41, 5.74) is 1.24. The molecule has 0 amide bonds. The zero-order valence-electron chi connectivity index (χ0n) is 9.78. The van der Waals surface area contributed by atoms with Crippen molar-refractivity contribution in [2.24, 2.45) is 11.8 Å². The van der Waals surface area contributed by atoms with Crippen molar-refractivity contribution in [2.75, 3.05) is 12.4 Å². The second kappa shape index (κ2) is 4.00. The molecule has 0 spiro atoms. The van der Waals surface area contributed by atoms with Gasteiger partial charge >= 0.3 is 0 Å². The van der Waals surface area contributed by atoms with E-state index in [1.54, 1.807) is 7.11 Å². The summed E-state index contributed by atoms with van der Waals surface area (Å²) < 4.78 is 5.17. The molecule has 2 aliphatic carbocycles. The summed E-state index contributed by atoms with van der Waals surface area (Å²) in [7, 11) is 1.71. The van der Waals surface area contributed by atoms with Crippen molar-refractivity contribution in [1.29, 1.82) is 0 Å². The summed E-state index contributed by atoms with van der Waals surface area (Å²) in [5, 5.41) is 3.70.